The maximum Gasteiger partial charge on any atom is 0.253 e. The van der Waals surface area contributed by atoms with Crippen LogP contribution in [0.25, 0.3) is 0 Å². The average Bonchev–Trinajstić information content (AvgIpc) is 2.61. The van der Waals surface area contributed by atoms with Crippen LogP contribution in [0.5, 0.6) is 0 Å². The molecule has 0 aromatic heterocycles. The number of nitrogens with zero attached hydrogens (tertiary/aromatic N) is 2. The van der Waals surface area contributed by atoms with Crippen LogP contribution in [-0.4, -0.2) is 49.7 Å². The molecule has 0 N–H and O–H groups in total. The number of piperazine rings is 1. The Balaban J connectivity index is 1.70. The highest BCUT2D eigenvalue weighted by atomic mass is 32.2. The number of benzene rings is 2. The third-order valence-corrected chi connectivity index (χ3v) is 6.29. The van der Waals surface area contributed by atoms with Gasteiger partial charge in [-0.1, -0.05) is 35.4 Å². The second-order valence-electron chi connectivity index (χ2n) is 6.39. The monoisotopic (exact) mass is 358 g/mol. The molecule has 0 radical (unpaired) electrons. The van der Waals surface area contributed by atoms with Gasteiger partial charge in [0, 0.05) is 31.7 Å². The van der Waals surface area contributed by atoms with Crippen LogP contribution in [0.4, 0.5) is 0 Å². The molecule has 0 atom stereocenters. The van der Waals surface area contributed by atoms with Crippen LogP contribution in [0.3, 0.4) is 0 Å². The van der Waals surface area contributed by atoms with Crippen molar-refractivity contribution in [3.05, 3.63) is 65.2 Å². The molecule has 6 heteroatoms. The van der Waals surface area contributed by atoms with Crippen LogP contribution in [0.2, 0.25) is 0 Å². The van der Waals surface area contributed by atoms with E-state index < -0.39 is 10.0 Å². The van der Waals surface area contributed by atoms with Crippen molar-refractivity contribution >= 4 is 15.9 Å². The summed E-state index contributed by atoms with van der Waals surface area (Å²) in [6, 6.07) is 14.2. The maximum atomic E-state index is 12.7. The SMILES string of the molecule is Cc1cc(C)cc(C(=O)N2CCN(S(=O)(=O)c3ccccc3)CC2)c1. The van der Waals surface area contributed by atoms with Crippen molar-refractivity contribution in [3.63, 3.8) is 0 Å². The molecule has 25 heavy (non-hydrogen) atoms. The molecule has 3 rings (SSSR count). The van der Waals surface area contributed by atoms with Crippen LogP contribution in [-0.2, 0) is 10.0 Å². The Morgan fingerprint density at radius 1 is 0.880 bits per heavy atom. The number of hydrogen-bond acceptors (Lipinski definition) is 3. The molecular formula is C19H22N2O3S. The Hall–Kier alpha value is -2.18. The van der Waals surface area contributed by atoms with Crippen molar-refractivity contribution in [2.45, 2.75) is 18.7 Å². The highest BCUT2D eigenvalue weighted by Crippen LogP contribution is 2.19. The van der Waals surface area contributed by atoms with E-state index in [1.54, 1.807) is 35.2 Å². The predicted molar refractivity (Wildman–Crippen MR) is 97.0 cm³/mol. The quantitative estimate of drug-likeness (QED) is 0.847. The van der Waals surface area contributed by atoms with Gasteiger partial charge in [0.05, 0.1) is 4.90 Å². The fourth-order valence-corrected chi connectivity index (χ4v) is 4.60. The molecular weight excluding hydrogens is 336 g/mol. The lowest BCUT2D eigenvalue weighted by Crippen LogP contribution is -2.50. The van der Waals surface area contributed by atoms with Gasteiger partial charge in [-0.2, -0.15) is 4.31 Å². The lowest BCUT2D eigenvalue weighted by atomic mass is 10.1. The van der Waals surface area contributed by atoms with E-state index >= 15 is 0 Å². The minimum absolute atomic E-state index is 0.0384. The molecule has 2 aromatic carbocycles. The standard InChI is InChI=1S/C19H22N2O3S/c1-15-12-16(2)14-17(13-15)19(22)20-8-10-21(11-9-20)25(23,24)18-6-4-3-5-7-18/h3-7,12-14H,8-11H2,1-2H3. The molecule has 0 bridgehead atoms. The maximum absolute atomic E-state index is 12.7. The average molecular weight is 358 g/mol. The molecule has 1 aliphatic heterocycles. The van der Waals surface area contributed by atoms with Crippen molar-refractivity contribution in [2.24, 2.45) is 0 Å². The molecule has 5 nitrogen and oxygen atoms in total. The van der Waals surface area contributed by atoms with Crippen LogP contribution >= 0.6 is 0 Å². The summed E-state index contributed by atoms with van der Waals surface area (Å²) in [5.41, 5.74) is 2.76. The summed E-state index contributed by atoms with van der Waals surface area (Å²) in [7, 11) is -3.49. The van der Waals surface area contributed by atoms with Gasteiger partial charge in [0.15, 0.2) is 0 Å². The van der Waals surface area contributed by atoms with E-state index in [4.69, 9.17) is 0 Å². The Bertz CT molecular complexity index is 851. The predicted octanol–water partition coefficient (Wildman–Crippen LogP) is 2.45. The molecule has 2 aromatic rings. The van der Waals surface area contributed by atoms with E-state index in [0.29, 0.717) is 36.6 Å². The van der Waals surface area contributed by atoms with Gasteiger partial charge in [0.25, 0.3) is 5.91 Å². The van der Waals surface area contributed by atoms with Gasteiger partial charge in [-0.15, -0.1) is 0 Å². The van der Waals surface area contributed by atoms with Gasteiger partial charge in [-0.3, -0.25) is 4.79 Å². The molecule has 0 spiro atoms. The van der Waals surface area contributed by atoms with Crippen LogP contribution < -0.4 is 0 Å². The molecule has 0 unspecified atom stereocenters. The summed E-state index contributed by atoms with van der Waals surface area (Å²) in [5.74, 6) is -0.0384. The largest absolute Gasteiger partial charge is 0.336 e. The van der Waals surface area contributed by atoms with E-state index in [9.17, 15) is 13.2 Å². The zero-order valence-corrected chi connectivity index (χ0v) is 15.3. The fraction of sp³-hybridized carbons (Fsp3) is 0.316. The molecule has 1 fully saturated rings. The second-order valence-corrected chi connectivity index (χ2v) is 8.32. The first-order chi connectivity index (χ1) is 11.9. The van der Waals surface area contributed by atoms with E-state index in [1.807, 2.05) is 32.0 Å². The van der Waals surface area contributed by atoms with Crippen LogP contribution in [0, 0.1) is 13.8 Å². The summed E-state index contributed by atoms with van der Waals surface area (Å²) in [5, 5.41) is 0. The number of hydrogen-bond donors (Lipinski definition) is 0. The van der Waals surface area contributed by atoms with E-state index in [-0.39, 0.29) is 5.91 Å². The lowest BCUT2D eigenvalue weighted by molar-refractivity contribution is 0.0697. The van der Waals surface area contributed by atoms with Crippen molar-refractivity contribution in [1.82, 2.24) is 9.21 Å². The third-order valence-electron chi connectivity index (χ3n) is 4.38. The molecule has 0 aliphatic carbocycles. The van der Waals surface area contributed by atoms with Crippen LogP contribution in [0.15, 0.2) is 53.4 Å². The molecule has 1 aliphatic rings. The molecule has 1 saturated heterocycles. The van der Waals surface area contributed by atoms with Gasteiger partial charge in [-0.25, -0.2) is 8.42 Å². The van der Waals surface area contributed by atoms with E-state index in [0.717, 1.165) is 11.1 Å². The topological polar surface area (TPSA) is 57.7 Å². The summed E-state index contributed by atoms with van der Waals surface area (Å²) in [6.07, 6.45) is 0. The van der Waals surface area contributed by atoms with Crippen molar-refractivity contribution < 1.29 is 13.2 Å². The van der Waals surface area contributed by atoms with Crippen LogP contribution in [0.1, 0.15) is 21.5 Å². The first-order valence-corrected chi connectivity index (χ1v) is 9.75. The van der Waals surface area contributed by atoms with Gasteiger partial charge < -0.3 is 4.90 Å². The van der Waals surface area contributed by atoms with Crippen molar-refractivity contribution in [3.8, 4) is 0 Å². The number of aryl methyl sites for hydroxylation is 2. The molecule has 1 heterocycles. The number of carbonyl (C=O) groups is 1. The first kappa shape index (κ1) is 17.6. The van der Waals surface area contributed by atoms with Gasteiger partial charge in [0.2, 0.25) is 10.0 Å². The number of amides is 1. The zero-order valence-electron chi connectivity index (χ0n) is 14.5. The Kier molecular flexibility index (Phi) is 4.92. The Morgan fingerprint density at radius 3 is 2.00 bits per heavy atom. The smallest absolute Gasteiger partial charge is 0.253 e. The summed E-state index contributed by atoms with van der Waals surface area (Å²) < 4.78 is 26.7. The first-order valence-electron chi connectivity index (χ1n) is 8.31. The van der Waals surface area contributed by atoms with E-state index in [1.165, 1.54) is 4.31 Å². The summed E-state index contributed by atoms with van der Waals surface area (Å²) >= 11 is 0. The minimum Gasteiger partial charge on any atom is -0.336 e. The lowest BCUT2D eigenvalue weighted by Gasteiger charge is -2.34. The van der Waals surface area contributed by atoms with Crippen molar-refractivity contribution in [1.29, 1.82) is 0 Å². The second kappa shape index (κ2) is 6.98. The molecule has 1 amide bonds. The Morgan fingerprint density at radius 2 is 1.44 bits per heavy atom. The third kappa shape index (κ3) is 3.75. The number of sulfonamides is 1. The number of rotatable bonds is 3. The Labute approximate surface area is 148 Å². The fourth-order valence-electron chi connectivity index (χ4n) is 3.15. The zero-order chi connectivity index (χ0) is 18.0. The molecule has 132 valence electrons. The van der Waals surface area contributed by atoms with Gasteiger partial charge >= 0.3 is 0 Å². The van der Waals surface area contributed by atoms with Gasteiger partial charge in [0.1, 0.15) is 0 Å². The number of carbonyl (C=O) groups excluding carboxylic acids is 1. The van der Waals surface area contributed by atoms with Crippen molar-refractivity contribution in [2.75, 3.05) is 26.2 Å². The van der Waals surface area contributed by atoms with Gasteiger partial charge in [-0.05, 0) is 38.1 Å². The summed E-state index contributed by atoms with van der Waals surface area (Å²) in [6.45, 7) is 5.36. The highest BCUT2D eigenvalue weighted by Gasteiger charge is 2.30. The minimum atomic E-state index is -3.49. The summed E-state index contributed by atoms with van der Waals surface area (Å²) in [4.78, 5) is 14.7. The highest BCUT2D eigenvalue weighted by molar-refractivity contribution is 7.89. The van der Waals surface area contributed by atoms with E-state index in [2.05, 4.69) is 0 Å². The normalized spacial score (nSPS) is 16.0. The molecule has 0 saturated carbocycles.